The van der Waals surface area contributed by atoms with Crippen molar-refractivity contribution < 1.29 is 0 Å². The molecule has 0 bridgehead atoms. The zero-order valence-electron chi connectivity index (χ0n) is 16.3. The van der Waals surface area contributed by atoms with E-state index in [-0.39, 0.29) is 12.0 Å². The van der Waals surface area contributed by atoms with E-state index in [0.717, 1.165) is 24.1 Å². The molecule has 1 aliphatic carbocycles. The van der Waals surface area contributed by atoms with Crippen molar-refractivity contribution in [3.05, 3.63) is 106 Å². The molecule has 0 aliphatic heterocycles. The normalized spacial score (nSPS) is 20.0. The first kappa shape index (κ1) is 20.6. The zero-order valence-corrected chi connectivity index (χ0v) is 17.8. The summed E-state index contributed by atoms with van der Waals surface area (Å²) in [5.41, 5.74) is 5.85. The number of nitrogens with zero attached hydrogens (tertiary/aromatic N) is 1. The first-order chi connectivity index (χ1) is 13.5. The number of hydrogen-bond donors (Lipinski definition) is 0. The Kier molecular flexibility index (Phi) is 6.93. The average Bonchev–Trinajstić information content (AvgIpc) is 2.73. The summed E-state index contributed by atoms with van der Waals surface area (Å²) in [4.78, 5) is 5.06. The molecule has 2 aromatic carbocycles. The van der Waals surface area contributed by atoms with Crippen LogP contribution in [0.1, 0.15) is 55.3 Å². The van der Waals surface area contributed by atoms with E-state index in [1.54, 1.807) is 6.08 Å². The number of halogens is 2. The van der Waals surface area contributed by atoms with Gasteiger partial charge in [-0.1, -0.05) is 90.5 Å². The van der Waals surface area contributed by atoms with E-state index >= 15 is 0 Å². The molecule has 3 rings (SSSR count). The maximum absolute atomic E-state index is 6.31. The average molecular weight is 410 g/mol. The van der Waals surface area contributed by atoms with E-state index in [1.807, 2.05) is 19.1 Å². The lowest BCUT2D eigenvalue weighted by molar-refractivity contribution is 0.712. The van der Waals surface area contributed by atoms with Crippen molar-refractivity contribution in [3.8, 4) is 0 Å². The number of aliphatic imine (C=N–C) groups is 1. The number of hydrogen-bond acceptors (Lipinski definition) is 1. The Hall–Kier alpha value is -2.09. The van der Waals surface area contributed by atoms with E-state index in [2.05, 4.69) is 62.0 Å². The fourth-order valence-electron chi connectivity index (χ4n) is 3.66. The molecular weight excluding hydrogens is 385 g/mol. The van der Waals surface area contributed by atoms with Crippen LogP contribution in [0.25, 0.3) is 0 Å². The van der Waals surface area contributed by atoms with Gasteiger partial charge in [0, 0.05) is 11.6 Å². The summed E-state index contributed by atoms with van der Waals surface area (Å²) in [5.74, 6) is 0.220. The van der Waals surface area contributed by atoms with Crippen LogP contribution in [0.4, 0.5) is 0 Å². The second-order valence-corrected chi connectivity index (χ2v) is 7.86. The molecule has 0 saturated heterocycles. The molecule has 28 heavy (non-hydrogen) atoms. The second-order valence-electron chi connectivity index (χ2n) is 7.04. The van der Waals surface area contributed by atoms with Crippen molar-refractivity contribution in [3.63, 3.8) is 0 Å². The Balaban J connectivity index is 1.92. The lowest BCUT2D eigenvalue weighted by Crippen LogP contribution is -2.18. The summed E-state index contributed by atoms with van der Waals surface area (Å²) in [6.07, 6.45) is 5.56. The Morgan fingerprint density at radius 3 is 2.46 bits per heavy atom. The van der Waals surface area contributed by atoms with Gasteiger partial charge in [0.15, 0.2) is 0 Å². The minimum Gasteiger partial charge on any atom is -0.281 e. The third-order valence-corrected chi connectivity index (χ3v) is 6.02. The Morgan fingerprint density at radius 2 is 1.75 bits per heavy atom. The van der Waals surface area contributed by atoms with Gasteiger partial charge in [-0.2, -0.15) is 0 Å². The number of rotatable bonds is 5. The van der Waals surface area contributed by atoms with E-state index in [9.17, 15) is 0 Å². The van der Waals surface area contributed by atoms with E-state index in [4.69, 9.17) is 28.2 Å². The summed E-state index contributed by atoms with van der Waals surface area (Å²) in [5, 5.41) is 1.08. The van der Waals surface area contributed by atoms with Crippen LogP contribution in [0.2, 0.25) is 0 Å². The monoisotopic (exact) mass is 409 g/mol. The quantitative estimate of drug-likeness (QED) is 0.444. The van der Waals surface area contributed by atoms with Crippen molar-refractivity contribution in [1.29, 1.82) is 0 Å². The lowest BCUT2D eigenvalue weighted by atomic mass is 9.78. The minimum absolute atomic E-state index is 0.131. The highest BCUT2D eigenvalue weighted by molar-refractivity contribution is 6.44. The fourth-order valence-corrected chi connectivity index (χ4v) is 3.97. The van der Waals surface area contributed by atoms with Gasteiger partial charge in [0.2, 0.25) is 0 Å². The van der Waals surface area contributed by atoms with Crippen molar-refractivity contribution >= 4 is 28.9 Å². The minimum atomic E-state index is 0.131. The fraction of sp³-hybridized carbons (Fsp3) is 0.240. The van der Waals surface area contributed by atoms with Gasteiger partial charge < -0.3 is 0 Å². The van der Waals surface area contributed by atoms with Crippen molar-refractivity contribution in [2.24, 2.45) is 4.99 Å². The first-order valence-electron chi connectivity index (χ1n) is 9.60. The largest absolute Gasteiger partial charge is 0.281 e. The van der Waals surface area contributed by atoms with E-state index < -0.39 is 0 Å². The van der Waals surface area contributed by atoms with Crippen LogP contribution in [0, 0.1) is 0 Å². The summed E-state index contributed by atoms with van der Waals surface area (Å²) in [7, 11) is 0. The highest BCUT2D eigenvalue weighted by Gasteiger charge is 2.26. The number of benzene rings is 2. The third kappa shape index (κ3) is 4.66. The zero-order chi connectivity index (χ0) is 20.1. The number of allylic oxidation sites excluding steroid dienone is 5. The van der Waals surface area contributed by atoms with Gasteiger partial charge >= 0.3 is 0 Å². The molecule has 1 nitrogen and oxygen atoms in total. The summed E-state index contributed by atoms with van der Waals surface area (Å²) >= 11 is 12.5. The molecule has 2 aromatic rings. The van der Waals surface area contributed by atoms with Gasteiger partial charge in [-0.05, 0) is 55.0 Å². The molecule has 0 unspecified atom stereocenters. The molecule has 0 fully saturated rings. The van der Waals surface area contributed by atoms with Gasteiger partial charge in [0.25, 0.3) is 0 Å². The van der Waals surface area contributed by atoms with E-state index in [1.165, 1.54) is 16.7 Å². The molecule has 0 aromatic heterocycles. The maximum Gasteiger partial charge on any atom is 0.0724 e. The van der Waals surface area contributed by atoms with Crippen LogP contribution < -0.4 is 0 Å². The van der Waals surface area contributed by atoms with Gasteiger partial charge in [0.1, 0.15) is 0 Å². The van der Waals surface area contributed by atoms with Gasteiger partial charge in [0.05, 0.1) is 16.1 Å². The van der Waals surface area contributed by atoms with Crippen molar-refractivity contribution in [1.82, 2.24) is 0 Å². The van der Waals surface area contributed by atoms with E-state index in [0.29, 0.717) is 10.1 Å². The molecule has 0 spiro atoms. The van der Waals surface area contributed by atoms with Crippen LogP contribution >= 0.6 is 23.2 Å². The van der Waals surface area contributed by atoms with Gasteiger partial charge in [-0.3, -0.25) is 4.99 Å². The molecule has 0 saturated carbocycles. The van der Waals surface area contributed by atoms with Gasteiger partial charge in [-0.25, -0.2) is 0 Å². The summed E-state index contributed by atoms with van der Waals surface area (Å²) in [6.45, 7) is 8.30. The first-order valence-corrected chi connectivity index (χ1v) is 10.4. The van der Waals surface area contributed by atoms with Crippen LogP contribution in [-0.2, 0) is 0 Å². The topological polar surface area (TPSA) is 12.4 Å². The molecule has 3 heteroatoms. The third-order valence-electron chi connectivity index (χ3n) is 5.19. The van der Waals surface area contributed by atoms with Crippen molar-refractivity contribution in [2.75, 3.05) is 0 Å². The molecule has 0 heterocycles. The van der Waals surface area contributed by atoms with Crippen LogP contribution in [-0.4, -0.2) is 5.71 Å². The molecule has 2 atom stereocenters. The van der Waals surface area contributed by atoms with Gasteiger partial charge in [-0.15, -0.1) is 0 Å². The van der Waals surface area contributed by atoms with Crippen LogP contribution in [0.5, 0.6) is 0 Å². The Morgan fingerprint density at radius 1 is 1.07 bits per heavy atom. The molecule has 144 valence electrons. The Labute approximate surface area is 178 Å². The van der Waals surface area contributed by atoms with Crippen LogP contribution in [0.3, 0.4) is 0 Å². The van der Waals surface area contributed by atoms with Crippen molar-refractivity contribution in [2.45, 2.75) is 38.6 Å². The smallest absolute Gasteiger partial charge is 0.0724 e. The molecule has 1 aliphatic rings. The van der Waals surface area contributed by atoms with Crippen LogP contribution in [0.15, 0.2) is 94.0 Å². The molecule has 0 amide bonds. The molecular formula is C25H25Cl2N. The SMILES string of the molecule is C=C(/C=C(Cl)\C(Cl)=C/C)[C@@H]1CC/C(=N\[C@H](C)c2ccccc2)c2ccccc21. The summed E-state index contributed by atoms with van der Waals surface area (Å²) in [6, 6.07) is 19.0. The predicted molar refractivity (Wildman–Crippen MR) is 122 cm³/mol. The maximum atomic E-state index is 6.31. The number of fused-ring (bicyclic) bond motifs is 1. The lowest BCUT2D eigenvalue weighted by Gasteiger charge is -2.28. The summed E-state index contributed by atoms with van der Waals surface area (Å²) < 4.78 is 0. The highest BCUT2D eigenvalue weighted by atomic mass is 35.5. The predicted octanol–water partition coefficient (Wildman–Crippen LogP) is 7.94. The second kappa shape index (κ2) is 9.41. The highest BCUT2D eigenvalue weighted by Crippen LogP contribution is 2.38. The molecule has 0 N–H and O–H groups in total. The Bertz CT molecular complexity index is 938. The standard InChI is InChI=1S/C25H25Cl2N/c1-4-23(26)24(27)16-17(2)20-14-15-25(22-13-9-8-12-21(20)22)28-18(3)19-10-6-5-7-11-19/h4-13,16,18,20H,2,14-15H2,1,3H3/b23-4+,24-16+,28-25+/t18-,20+/m1/s1. The molecule has 0 radical (unpaired) electrons.